The number of fused-ring (bicyclic) bond motifs is 4. The fourth-order valence-electron chi connectivity index (χ4n) is 7.85. The molecule has 1 aliphatic heterocycles. The molecular weight excluding hydrogens is 677 g/mol. The number of hydrogen-bond donors (Lipinski definition) is 1. The normalized spacial score (nSPS) is 14.3. The van der Waals surface area contributed by atoms with Gasteiger partial charge in [0.25, 0.3) is 0 Å². The molecule has 1 unspecified atom stereocenters. The maximum absolute atomic E-state index is 12.7. The molecule has 10 rings (SSSR count). The first-order valence-electron chi connectivity index (χ1n) is 18.5. The molecular formula is C49H36N4O2. The van der Waals surface area contributed by atoms with Gasteiger partial charge in [-0.2, -0.15) is 0 Å². The molecule has 0 saturated heterocycles. The Hall–Kier alpha value is -7.18. The Kier molecular flexibility index (Phi) is 7.70. The van der Waals surface area contributed by atoms with E-state index in [1.54, 1.807) is 9.13 Å². The SMILES string of the molecule is Cn1c(=O)n(C)c2cc(-c3cccc(C4=CC(c5cc(-c6ccccc6)cc(-c6ccc7oc8ccccc8c7c6)c5)=NC(c5ccccc5)N4)c3)ccc21. The van der Waals surface area contributed by atoms with Crippen molar-refractivity contribution in [2.75, 3.05) is 0 Å². The maximum atomic E-state index is 12.7. The smallest absolute Gasteiger partial charge is 0.328 e. The zero-order valence-corrected chi connectivity index (χ0v) is 30.4. The van der Waals surface area contributed by atoms with Crippen molar-refractivity contribution in [2.45, 2.75) is 6.17 Å². The molecule has 1 aliphatic rings. The summed E-state index contributed by atoms with van der Waals surface area (Å²) < 4.78 is 9.57. The minimum atomic E-state index is -0.299. The minimum Gasteiger partial charge on any atom is -0.456 e. The molecule has 264 valence electrons. The van der Waals surface area contributed by atoms with Crippen molar-refractivity contribution < 1.29 is 4.42 Å². The van der Waals surface area contributed by atoms with Crippen LogP contribution in [0.2, 0.25) is 0 Å². The van der Waals surface area contributed by atoms with Crippen LogP contribution in [-0.4, -0.2) is 14.8 Å². The lowest BCUT2D eigenvalue weighted by Crippen LogP contribution is -2.24. The van der Waals surface area contributed by atoms with Crippen LogP contribution >= 0.6 is 0 Å². The number of nitrogens with one attached hydrogen (secondary N) is 1. The van der Waals surface area contributed by atoms with Crippen LogP contribution in [0.5, 0.6) is 0 Å². The molecule has 0 radical (unpaired) electrons. The summed E-state index contributed by atoms with van der Waals surface area (Å²) in [6.45, 7) is 0. The van der Waals surface area contributed by atoms with E-state index >= 15 is 0 Å². The second-order valence-corrected chi connectivity index (χ2v) is 14.2. The lowest BCUT2D eigenvalue weighted by Gasteiger charge is -2.25. The van der Waals surface area contributed by atoms with E-state index in [4.69, 9.17) is 9.41 Å². The Labute approximate surface area is 318 Å². The summed E-state index contributed by atoms with van der Waals surface area (Å²) in [6, 6.07) is 57.1. The highest BCUT2D eigenvalue weighted by Crippen LogP contribution is 2.36. The summed E-state index contributed by atoms with van der Waals surface area (Å²) in [4.78, 5) is 18.0. The first-order valence-corrected chi connectivity index (χ1v) is 18.5. The van der Waals surface area contributed by atoms with Gasteiger partial charge in [0.15, 0.2) is 0 Å². The summed E-state index contributed by atoms with van der Waals surface area (Å²) in [7, 11) is 3.63. The fraction of sp³-hybridized carbons (Fsp3) is 0.0612. The molecule has 0 saturated carbocycles. The van der Waals surface area contributed by atoms with Gasteiger partial charge in [-0.05, 0) is 105 Å². The van der Waals surface area contributed by atoms with Crippen LogP contribution in [0.1, 0.15) is 22.9 Å². The average Bonchev–Trinajstić information content (AvgIpc) is 3.73. The second kappa shape index (κ2) is 13.0. The monoisotopic (exact) mass is 712 g/mol. The number of aromatic nitrogens is 2. The number of nitrogens with zero attached hydrogens (tertiary/aromatic N) is 3. The van der Waals surface area contributed by atoms with Crippen LogP contribution in [-0.2, 0) is 14.1 Å². The summed E-state index contributed by atoms with van der Waals surface area (Å²) in [5, 5.41) is 5.96. The number of aryl methyl sites for hydroxylation is 2. The highest BCUT2D eigenvalue weighted by atomic mass is 16.3. The third-order valence-electron chi connectivity index (χ3n) is 10.8. The zero-order chi connectivity index (χ0) is 37.0. The van der Waals surface area contributed by atoms with Gasteiger partial charge in [0.05, 0.1) is 16.7 Å². The van der Waals surface area contributed by atoms with Gasteiger partial charge in [0, 0.05) is 36.1 Å². The predicted molar refractivity (Wildman–Crippen MR) is 225 cm³/mol. The van der Waals surface area contributed by atoms with Crippen molar-refractivity contribution in [1.29, 1.82) is 0 Å². The van der Waals surface area contributed by atoms with Gasteiger partial charge in [-0.25, -0.2) is 4.79 Å². The van der Waals surface area contributed by atoms with E-state index in [1.165, 1.54) is 0 Å². The standard InChI is InChI=1S/C49H36N4O2/c1-52-44-22-20-35(29-45(44)53(2)49(52)54)33-16-11-17-36(24-33)42-30-43(51-48(50-42)32-14-7-4-8-15-32)39-26-37(31-12-5-3-6-13-31)25-38(27-39)34-21-23-47-41(28-34)40-18-9-10-19-46(40)55-47/h3-30,48,50H,1-2H3. The molecule has 1 atom stereocenters. The predicted octanol–water partition coefficient (Wildman–Crippen LogP) is 10.9. The van der Waals surface area contributed by atoms with Crippen molar-refractivity contribution in [3.63, 3.8) is 0 Å². The molecule has 3 heterocycles. The molecule has 55 heavy (non-hydrogen) atoms. The number of benzene rings is 7. The molecule has 0 bridgehead atoms. The highest BCUT2D eigenvalue weighted by Gasteiger charge is 2.21. The summed E-state index contributed by atoms with van der Waals surface area (Å²) in [6.07, 6.45) is 1.87. The van der Waals surface area contributed by atoms with Gasteiger partial charge < -0.3 is 9.73 Å². The van der Waals surface area contributed by atoms with Crippen LogP contribution < -0.4 is 11.0 Å². The average molecular weight is 713 g/mol. The van der Waals surface area contributed by atoms with Crippen LogP contribution in [0.15, 0.2) is 184 Å². The summed E-state index contributed by atoms with van der Waals surface area (Å²) >= 11 is 0. The van der Waals surface area contributed by atoms with E-state index in [2.05, 4.69) is 151 Å². The largest absolute Gasteiger partial charge is 0.456 e. The van der Waals surface area contributed by atoms with E-state index in [0.29, 0.717) is 0 Å². The number of furan rings is 1. The number of rotatable bonds is 6. The Morgan fingerprint density at radius 3 is 1.95 bits per heavy atom. The highest BCUT2D eigenvalue weighted by molar-refractivity contribution is 6.14. The van der Waals surface area contributed by atoms with Crippen LogP contribution in [0.4, 0.5) is 0 Å². The first-order chi connectivity index (χ1) is 27.0. The Bertz CT molecular complexity index is 3060. The third kappa shape index (κ3) is 5.76. The number of aliphatic imine (C=N–C) groups is 1. The topological polar surface area (TPSA) is 64.5 Å². The molecule has 0 spiro atoms. The summed E-state index contributed by atoms with van der Waals surface area (Å²) in [5.41, 5.74) is 15.1. The van der Waals surface area contributed by atoms with E-state index in [1.807, 2.05) is 38.4 Å². The lowest BCUT2D eigenvalue weighted by atomic mass is 9.92. The Morgan fingerprint density at radius 1 is 0.509 bits per heavy atom. The molecule has 6 nitrogen and oxygen atoms in total. The molecule has 0 aliphatic carbocycles. The second-order valence-electron chi connectivity index (χ2n) is 14.2. The lowest BCUT2D eigenvalue weighted by molar-refractivity contribution is 0.664. The van der Waals surface area contributed by atoms with Gasteiger partial charge in [0.2, 0.25) is 0 Å². The Morgan fingerprint density at radius 2 is 1.11 bits per heavy atom. The van der Waals surface area contributed by atoms with Crippen molar-refractivity contribution in [2.24, 2.45) is 19.1 Å². The number of imidazole rings is 1. The number of hydrogen-bond acceptors (Lipinski definition) is 4. The van der Waals surface area contributed by atoms with Crippen molar-refractivity contribution in [3.05, 3.63) is 197 Å². The third-order valence-corrected chi connectivity index (χ3v) is 10.8. The van der Waals surface area contributed by atoms with Crippen LogP contribution in [0.3, 0.4) is 0 Å². The molecule has 7 aromatic carbocycles. The molecule has 0 fully saturated rings. The number of allylic oxidation sites excluding steroid dienone is 1. The molecule has 2 aromatic heterocycles. The Balaban J connectivity index is 1.12. The van der Waals surface area contributed by atoms with E-state index in [0.717, 1.165) is 94.5 Å². The van der Waals surface area contributed by atoms with Gasteiger partial charge in [-0.1, -0.05) is 109 Å². The molecule has 1 N–H and O–H groups in total. The van der Waals surface area contributed by atoms with Gasteiger partial charge >= 0.3 is 5.69 Å². The van der Waals surface area contributed by atoms with Crippen LogP contribution in [0, 0.1) is 0 Å². The zero-order valence-electron chi connectivity index (χ0n) is 30.4. The number of para-hydroxylation sites is 1. The van der Waals surface area contributed by atoms with Crippen LogP contribution in [0.25, 0.3) is 72.0 Å². The van der Waals surface area contributed by atoms with Gasteiger partial charge in [0.1, 0.15) is 17.3 Å². The quantitative estimate of drug-likeness (QED) is 0.187. The van der Waals surface area contributed by atoms with Crippen molar-refractivity contribution in [1.82, 2.24) is 14.5 Å². The van der Waals surface area contributed by atoms with Crippen molar-refractivity contribution >= 4 is 44.4 Å². The van der Waals surface area contributed by atoms with E-state index < -0.39 is 0 Å². The molecule has 6 heteroatoms. The summed E-state index contributed by atoms with van der Waals surface area (Å²) in [5.74, 6) is 0. The van der Waals surface area contributed by atoms with Gasteiger partial charge in [-0.15, -0.1) is 0 Å². The van der Waals surface area contributed by atoms with E-state index in [9.17, 15) is 4.79 Å². The maximum Gasteiger partial charge on any atom is 0.328 e. The minimum absolute atomic E-state index is 0.0359. The molecule has 0 amide bonds. The van der Waals surface area contributed by atoms with E-state index in [-0.39, 0.29) is 11.9 Å². The fourth-order valence-corrected chi connectivity index (χ4v) is 7.85. The van der Waals surface area contributed by atoms with Gasteiger partial charge in [-0.3, -0.25) is 14.1 Å². The first kappa shape index (κ1) is 32.5. The van der Waals surface area contributed by atoms with Crippen molar-refractivity contribution in [3.8, 4) is 33.4 Å². The molecule has 9 aromatic rings.